The average molecular weight is 228 g/mol. The summed E-state index contributed by atoms with van der Waals surface area (Å²) >= 11 is 0. The third-order valence-corrected chi connectivity index (χ3v) is 3.54. The predicted molar refractivity (Wildman–Crippen MR) is 68.8 cm³/mol. The van der Waals surface area contributed by atoms with Crippen molar-refractivity contribution in [2.45, 2.75) is 39.2 Å². The van der Waals surface area contributed by atoms with Crippen LogP contribution in [0.25, 0.3) is 0 Å². The van der Waals surface area contributed by atoms with Crippen molar-refractivity contribution in [1.82, 2.24) is 10.2 Å². The highest BCUT2D eigenvalue weighted by atomic mass is 16.5. The van der Waals surface area contributed by atoms with Crippen LogP contribution in [0.15, 0.2) is 0 Å². The maximum absolute atomic E-state index is 5.14. The second kappa shape index (κ2) is 8.04. The second-order valence-electron chi connectivity index (χ2n) is 4.98. The molecule has 1 N–H and O–H groups in total. The van der Waals surface area contributed by atoms with Crippen LogP contribution in [0, 0.1) is 5.92 Å². The number of hydrogen-bond acceptors (Lipinski definition) is 3. The highest BCUT2D eigenvalue weighted by molar-refractivity contribution is 4.80. The van der Waals surface area contributed by atoms with Crippen LogP contribution in [-0.2, 0) is 4.74 Å². The van der Waals surface area contributed by atoms with Gasteiger partial charge in [-0.1, -0.05) is 6.92 Å². The molecule has 1 saturated heterocycles. The molecule has 0 aromatic carbocycles. The number of ether oxygens (including phenoxy) is 1. The molecule has 1 fully saturated rings. The quantitative estimate of drug-likeness (QED) is 0.640. The first-order valence-corrected chi connectivity index (χ1v) is 6.71. The molecule has 0 aromatic heterocycles. The number of likely N-dealkylation sites (tertiary alicyclic amines) is 1. The van der Waals surface area contributed by atoms with E-state index in [0.717, 1.165) is 25.5 Å². The van der Waals surface area contributed by atoms with Crippen LogP contribution in [0.5, 0.6) is 0 Å². The van der Waals surface area contributed by atoms with Gasteiger partial charge in [0.15, 0.2) is 0 Å². The standard InChI is InChI=1S/C13H28N2O/c1-4-7-14-10-13-5-8-15(11-13)12(2)6-9-16-3/h12-14H,4-11H2,1-3H3. The van der Waals surface area contributed by atoms with E-state index in [9.17, 15) is 0 Å². The number of methoxy groups -OCH3 is 1. The van der Waals surface area contributed by atoms with Gasteiger partial charge >= 0.3 is 0 Å². The molecule has 0 radical (unpaired) electrons. The van der Waals surface area contributed by atoms with Gasteiger partial charge in [-0.25, -0.2) is 0 Å². The van der Waals surface area contributed by atoms with E-state index in [-0.39, 0.29) is 0 Å². The number of nitrogens with zero attached hydrogens (tertiary/aromatic N) is 1. The first-order valence-electron chi connectivity index (χ1n) is 6.71. The summed E-state index contributed by atoms with van der Waals surface area (Å²) in [7, 11) is 1.79. The fraction of sp³-hybridized carbons (Fsp3) is 1.00. The molecule has 1 aliphatic rings. The van der Waals surface area contributed by atoms with Crippen LogP contribution in [0.3, 0.4) is 0 Å². The Morgan fingerprint density at radius 2 is 2.31 bits per heavy atom. The molecule has 2 unspecified atom stereocenters. The van der Waals surface area contributed by atoms with E-state index in [1.165, 1.54) is 32.5 Å². The van der Waals surface area contributed by atoms with E-state index in [1.807, 2.05) is 0 Å². The Labute approximate surface area is 101 Å². The average Bonchev–Trinajstić information content (AvgIpc) is 2.75. The molecule has 0 spiro atoms. The van der Waals surface area contributed by atoms with Gasteiger partial charge < -0.3 is 15.0 Å². The molecule has 3 heteroatoms. The molecule has 0 bridgehead atoms. The van der Waals surface area contributed by atoms with Crippen LogP contribution in [0.4, 0.5) is 0 Å². The summed E-state index contributed by atoms with van der Waals surface area (Å²) in [5.74, 6) is 0.858. The summed E-state index contributed by atoms with van der Waals surface area (Å²) in [5.41, 5.74) is 0. The molecule has 1 rings (SSSR count). The smallest absolute Gasteiger partial charge is 0.0477 e. The Hall–Kier alpha value is -0.120. The maximum Gasteiger partial charge on any atom is 0.0477 e. The molecule has 0 saturated carbocycles. The minimum atomic E-state index is 0.677. The third kappa shape index (κ3) is 4.81. The van der Waals surface area contributed by atoms with Crippen molar-refractivity contribution in [3.8, 4) is 0 Å². The Bertz CT molecular complexity index is 175. The highest BCUT2D eigenvalue weighted by Gasteiger charge is 2.25. The summed E-state index contributed by atoms with van der Waals surface area (Å²) in [6.07, 6.45) is 3.75. The Morgan fingerprint density at radius 1 is 1.50 bits per heavy atom. The van der Waals surface area contributed by atoms with Crippen molar-refractivity contribution in [3.63, 3.8) is 0 Å². The minimum Gasteiger partial charge on any atom is -0.385 e. The largest absolute Gasteiger partial charge is 0.385 e. The zero-order valence-electron chi connectivity index (χ0n) is 11.2. The van der Waals surface area contributed by atoms with E-state index < -0.39 is 0 Å². The summed E-state index contributed by atoms with van der Waals surface area (Å²) in [6.45, 7) is 10.3. The molecule has 96 valence electrons. The lowest BCUT2D eigenvalue weighted by molar-refractivity contribution is 0.150. The van der Waals surface area contributed by atoms with Gasteiger partial charge in [0, 0.05) is 26.3 Å². The van der Waals surface area contributed by atoms with Crippen LogP contribution in [0.2, 0.25) is 0 Å². The maximum atomic E-state index is 5.14. The Kier molecular flexibility index (Phi) is 7.01. The van der Waals surface area contributed by atoms with Crippen molar-refractivity contribution >= 4 is 0 Å². The number of hydrogen-bond donors (Lipinski definition) is 1. The molecule has 0 aliphatic carbocycles. The summed E-state index contributed by atoms with van der Waals surface area (Å²) in [6, 6.07) is 0.677. The number of rotatable bonds is 8. The molecule has 3 nitrogen and oxygen atoms in total. The van der Waals surface area contributed by atoms with Gasteiger partial charge in [-0.3, -0.25) is 0 Å². The van der Waals surface area contributed by atoms with Gasteiger partial charge in [-0.05, 0) is 51.7 Å². The summed E-state index contributed by atoms with van der Waals surface area (Å²) in [5, 5.41) is 3.53. The fourth-order valence-corrected chi connectivity index (χ4v) is 2.38. The van der Waals surface area contributed by atoms with Crippen molar-refractivity contribution in [2.75, 3.05) is 39.9 Å². The molecule has 1 aliphatic heterocycles. The molecular weight excluding hydrogens is 200 g/mol. The number of nitrogens with one attached hydrogen (secondary N) is 1. The van der Waals surface area contributed by atoms with Gasteiger partial charge in [-0.15, -0.1) is 0 Å². The van der Waals surface area contributed by atoms with Crippen LogP contribution >= 0.6 is 0 Å². The van der Waals surface area contributed by atoms with E-state index in [2.05, 4.69) is 24.1 Å². The first kappa shape index (κ1) is 13.9. The normalized spacial score (nSPS) is 23.8. The van der Waals surface area contributed by atoms with Gasteiger partial charge in [0.05, 0.1) is 0 Å². The Morgan fingerprint density at radius 3 is 3.00 bits per heavy atom. The summed E-state index contributed by atoms with van der Waals surface area (Å²) in [4.78, 5) is 2.61. The molecule has 0 aromatic rings. The zero-order valence-corrected chi connectivity index (χ0v) is 11.2. The van der Waals surface area contributed by atoms with E-state index in [1.54, 1.807) is 7.11 Å². The van der Waals surface area contributed by atoms with Crippen molar-refractivity contribution < 1.29 is 4.74 Å². The van der Waals surface area contributed by atoms with E-state index >= 15 is 0 Å². The van der Waals surface area contributed by atoms with E-state index in [0.29, 0.717) is 6.04 Å². The topological polar surface area (TPSA) is 24.5 Å². The van der Waals surface area contributed by atoms with Crippen molar-refractivity contribution in [1.29, 1.82) is 0 Å². The molecule has 2 atom stereocenters. The Balaban J connectivity index is 2.13. The lowest BCUT2D eigenvalue weighted by atomic mass is 10.1. The lowest BCUT2D eigenvalue weighted by Gasteiger charge is -2.24. The predicted octanol–water partition coefficient (Wildman–Crippen LogP) is 1.73. The zero-order chi connectivity index (χ0) is 11.8. The second-order valence-corrected chi connectivity index (χ2v) is 4.98. The SMILES string of the molecule is CCCNCC1CCN(C(C)CCOC)C1. The third-order valence-electron chi connectivity index (χ3n) is 3.54. The van der Waals surface area contributed by atoms with Crippen LogP contribution in [0.1, 0.15) is 33.1 Å². The molecule has 1 heterocycles. The van der Waals surface area contributed by atoms with Gasteiger partial charge in [-0.2, -0.15) is 0 Å². The highest BCUT2D eigenvalue weighted by Crippen LogP contribution is 2.19. The molecule has 16 heavy (non-hydrogen) atoms. The van der Waals surface area contributed by atoms with Gasteiger partial charge in [0.25, 0.3) is 0 Å². The van der Waals surface area contributed by atoms with Crippen LogP contribution < -0.4 is 5.32 Å². The lowest BCUT2D eigenvalue weighted by Crippen LogP contribution is -2.33. The molecule has 0 amide bonds. The van der Waals surface area contributed by atoms with Gasteiger partial charge in [0.1, 0.15) is 0 Å². The monoisotopic (exact) mass is 228 g/mol. The van der Waals surface area contributed by atoms with Crippen molar-refractivity contribution in [3.05, 3.63) is 0 Å². The van der Waals surface area contributed by atoms with Gasteiger partial charge in [0.2, 0.25) is 0 Å². The minimum absolute atomic E-state index is 0.677. The summed E-state index contributed by atoms with van der Waals surface area (Å²) < 4.78 is 5.14. The van der Waals surface area contributed by atoms with Crippen molar-refractivity contribution in [2.24, 2.45) is 5.92 Å². The fourth-order valence-electron chi connectivity index (χ4n) is 2.38. The molecular formula is C13H28N2O. The van der Waals surface area contributed by atoms with Crippen LogP contribution in [-0.4, -0.2) is 50.8 Å². The van der Waals surface area contributed by atoms with E-state index in [4.69, 9.17) is 4.74 Å². The first-order chi connectivity index (χ1) is 7.77.